The molecule has 8 heteroatoms. The van der Waals surface area contributed by atoms with Crippen molar-refractivity contribution in [3.8, 4) is 5.75 Å². The minimum absolute atomic E-state index is 0.180. The number of fused-ring (bicyclic) bond motifs is 1. The molecule has 0 fully saturated rings. The number of nitrogens with zero attached hydrogens (tertiary/aromatic N) is 2. The Morgan fingerprint density at radius 3 is 2.71 bits per heavy atom. The van der Waals surface area contributed by atoms with E-state index in [0.29, 0.717) is 32.0 Å². The molecule has 0 aliphatic carbocycles. The van der Waals surface area contributed by atoms with E-state index in [9.17, 15) is 9.59 Å². The molecule has 2 aromatic heterocycles. The smallest absolute Gasteiger partial charge is 0.271 e. The number of nitrogens with one attached hydrogen (secondary N) is 1. The van der Waals surface area contributed by atoms with Crippen LogP contribution in [0.15, 0.2) is 92.5 Å². The van der Waals surface area contributed by atoms with Gasteiger partial charge in [0, 0.05) is 5.69 Å². The second kappa shape index (κ2) is 9.24. The number of carbonyl (C=O) groups excluding carboxylic acids is 1. The topological polar surface area (TPSA) is 72.7 Å². The van der Waals surface area contributed by atoms with Gasteiger partial charge in [-0.05, 0) is 65.2 Å². The van der Waals surface area contributed by atoms with Crippen LogP contribution in [0, 0.1) is 0 Å². The average molecular weight is 488 g/mol. The zero-order valence-corrected chi connectivity index (χ0v) is 20.2. The van der Waals surface area contributed by atoms with Crippen molar-refractivity contribution >= 4 is 40.3 Å². The standard InChI is InChI=1S/C26H21N3O3S2/c1-16-22(24(30)28-19-8-4-3-5-9-19)23(18-7-6-10-20(14-18)32-2)29-25(31)21(34-26(29)27-16)13-17-11-12-33-15-17/h3-15,23H,1-2H3,(H,28,30)/b21-13+/t23-/m1/s1. The Balaban J connectivity index is 1.70. The van der Waals surface area contributed by atoms with Crippen LogP contribution in [0.3, 0.4) is 0 Å². The first-order chi connectivity index (χ1) is 16.5. The predicted octanol–water partition coefficient (Wildman–Crippen LogP) is 3.94. The molecule has 0 radical (unpaired) electrons. The Morgan fingerprint density at radius 2 is 1.97 bits per heavy atom. The number of thiazole rings is 1. The number of amides is 1. The predicted molar refractivity (Wildman–Crippen MR) is 136 cm³/mol. The van der Waals surface area contributed by atoms with E-state index >= 15 is 0 Å². The Kier molecular flexibility index (Phi) is 6.00. The van der Waals surface area contributed by atoms with Crippen LogP contribution in [-0.2, 0) is 4.79 Å². The van der Waals surface area contributed by atoms with Gasteiger partial charge in [0.25, 0.3) is 11.5 Å². The van der Waals surface area contributed by atoms with Gasteiger partial charge in [0.15, 0.2) is 4.80 Å². The lowest BCUT2D eigenvalue weighted by Gasteiger charge is -2.25. The molecule has 1 aliphatic heterocycles. The van der Waals surface area contributed by atoms with Gasteiger partial charge in [-0.2, -0.15) is 11.3 Å². The van der Waals surface area contributed by atoms with Gasteiger partial charge in [-0.3, -0.25) is 14.2 Å². The Morgan fingerprint density at radius 1 is 1.15 bits per heavy atom. The summed E-state index contributed by atoms with van der Waals surface area (Å²) in [6.45, 7) is 1.81. The number of carbonyl (C=O) groups is 1. The van der Waals surface area contributed by atoms with Crippen LogP contribution < -0.4 is 24.9 Å². The van der Waals surface area contributed by atoms with Crippen LogP contribution in [0.4, 0.5) is 5.69 Å². The molecule has 0 saturated carbocycles. The first-order valence-electron chi connectivity index (χ1n) is 10.6. The van der Waals surface area contributed by atoms with Crippen LogP contribution >= 0.6 is 22.7 Å². The molecule has 1 atom stereocenters. The van der Waals surface area contributed by atoms with E-state index in [0.717, 1.165) is 11.1 Å². The van der Waals surface area contributed by atoms with E-state index in [4.69, 9.17) is 4.74 Å². The number of rotatable bonds is 5. The minimum Gasteiger partial charge on any atom is -0.497 e. The summed E-state index contributed by atoms with van der Waals surface area (Å²) in [5.74, 6) is 0.350. The molecular formula is C26H21N3O3S2. The van der Waals surface area contributed by atoms with Crippen molar-refractivity contribution in [2.24, 2.45) is 4.99 Å². The molecule has 2 aromatic carbocycles. The van der Waals surface area contributed by atoms with E-state index in [2.05, 4.69) is 10.3 Å². The number of benzene rings is 2. The second-order valence-electron chi connectivity index (χ2n) is 7.74. The number of anilines is 1. The summed E-state index contributed by atoms with van der Waals surface area (Å²) in [5.41, 5.74) is 3.23. The molecule has 34 heavy (non-hydrogen) atoms. The minimum atomic E-state index is -0.639. The monoisotopic (exact) mass is 487 g/mol. The van der Waals surface area contributed by atoms with Gasteiger partial charge in [0.2, 0.25) is 0 Å². The van der Waals surface area contributed by atoms with Crippen LogP contribution in [0.2, 0.25) is 0 Å². The molecule has 3 heterocycles. The lowest BCUT2D eigenvalue weighted by Crippen LogP contribution is -2.40. The van der Waals surface area contributed by atoms with Crippen molar-refractivity contribution in [1.82, 2.24) is 4.57 Å². The molecule has 1 amide bonds. The molecule has 0 saturated heterocycles. The summed E-state index contributed by atoms with van der Waals surface area (Å²) in [4.78, 5) is 32.4. The average Bonchev–Trinajstić information content (AvgIpc) is 3.47. The molecule has 0 bridgehead atoms. The lowest BCUT2D eigenvalue weighted by molar-refractivity contribution is -0.113. The van der Waals surface area contributed by atoms with Crippen LogP contribution in [0.25, 0.3) is 6.08 Å². The molecule has 4 aromatic rings. The zero-order valence-electron chi connectivity index (χ0n) is 18.5. The summed E-state index contributed by atoms with van der Waals surface area (Å²) in [6, 6.07) is 18.0. The summed E-state index contributed by atoms with van der Waals surface area (Å²) in [5, 5.41) is 6.92. The van der Waals surface area contributed by atoms with Crippen molar-refractivity contribution in [2.75, 3.05) is 12.4 Å². The Bertz CT molecular complexity index is 1570. The number of thiophene rings is 1. The van der Waals surface area contributed by atoms with Gasteiger partial charge in [-0.25, -0.2) is 4.99 Å². The number of hydrogen-bond acceptors (Lipinski definition) is 6. The normalized spacial score (nSPS) is 15.6. The third-order valence-corrected chi connectivity index (χ3v) is 7.23. The van der Waals surface area contributed by atoms with Crippen molar-refractivity contribution < 1.29 is 9.53 Å². The quantitative estimate of drug-likeness (QED) is 0.463. The molecule has 0 spiro atoms. The first kappa shape index (κ1) is 22.1. The highest BCUT2D eigenvalue weighted by Gasteiger charge is 2.32. The summed E-state index contributed by atoms with van der Waals surface area (Å²) in [7, 11) is 1.59. The largest absolute Gasteiger partial charge is 0.497 e. The summed E-state index contributed by atoms with van der Waals surface area (Å²) >= 11 is 2.90. The summed E-state index contributed by atoms with van der Waals surface area (Å²) < 4.78 is 7.62. The third-order valence-electron chi connectivity index (χ3n) is 5.55. The van der Waals surface area contributed by atoms with Gasteiger partial charge < -0.3 is 10.1 Å². The second-order valence-corrected chi connectivity index (χ2v) is 9.52. The van der Waals surface area contributed by atoms with E-state index in [1.807, 2.05) is 84.4 Å². The maximum Gasteiger partial charge on any atom is 0.271 e. The maximum atomic E-state index is 13.6. The molecule has 1 N–H and O–H groups in total. The third kappa shape index (κ3) is 4.13. The van der Waals surface area contributed by atoms with E-state index < -0.39 is 6.04 Å². The van der Waals surface area contributed by atoms with Gasteiger partial charge in [-0.1, -0.05) is 41.7 Å². The number of ether oxygens (including phenoxy) is 1. The lowest BCUT2D eigenvalue weighted by atomic mass is 9.95. The van der Waals surface area contributed by atoms with Crippen molar-refractivity contribution in [2.45, 2.75) is 13.0 Å². The number of aromatic nitrogens is 1. The van der Waals surface area contributed by atoms with Crippen molar-refractivity contribution in [1.29, 1.82) is 0 Å². The highest BCUT2D eigenvalue weighted by atomic mass is 32.1. The maximum absolute atomic E-state index is 13.6. The van der Waals surface area contributed by atoms with Gasteiger partial charge in [-0.15, -0.1) is 0 Å². The Hall–Kier alpha value is -3.75. The fourth-order valence-corrected chi connectivity index (χ4v) is 5.63. The van der Waals surface area contributed by atoms with Crippen LogP contribution in [0.5, 0.6) is 5.75 Å². The van der Waals surface area contributed by atoms with Crippen LogP contribution in [0.1, 0.15) is 24.1 Å². The van der Waals surface area contributed by atoms with Gasteiger partial charge in [0.05, 0.1) is 29.0 Å². The molecule has 0 unspecified atom stereocenters. The number of methoxy groups -OCH3 is 1. The Labute approximate surface area is 203 Å². The molecule has 170 valence electrons. The molecular weight excluding hydrogens is 466 g/mol. The fourth-order valence-electron chi connectivity index (χ4n) is 3.97. The fraction of sp³-hybridized carbons (Fsp3) is 0.115. The summed E-state index contributed by atoms with van der Waals surface area (Å²) in [6.07, 6.45) is 1.87. The molecule has 6 nitrogen and oxygen atoms in total. The molecule has 1 aliphatic rings. The highest BCUT2D eigenvalue weighted by Crippen LogP contribution is 2.32. The van der Waals surface area contributed by atoms with Crippen molar-refractivity contribution in [3.63, 3.8) is 0 Å². The van der Waals surface area contributed by atoms with Crippen molar-refractivity contribution in [3.05, 3.63) is 114 Å². The SMILES string of the molecule is COc1cccc([C@@H]2C(C(=O)Nc3ccccc3)=C(C)N=c3s/c(=C/c4ccsc4)c(=O)n32)c1. The van der Waals surface area contributed by atoms with Gasteiger partial charge in [0.1, 0.15) is 5.75 Å². The molecule has 5 rings (SSSR count). The van der Waals surface area contributed by atoms with Crippen LogP contribution in [-0.4, -0.2) is 17.6 Å². The number of hydrogen-bond donors (Lipinski definition) is 1. The number of allylic oxidation sites excluding steroid dienone is 1. The van der Waals surface area contributed by atoms with Gasteiger partial charge >= 0.3 is 0 Å². The number of para-hydroxylation sites is 1. The first-order valence-corrected chi connectivity index (χ1v) is 12.4. The van der Waals surface area contributed by atoms with E-state index in [1.165, 1.54) is 11.3 Å². The highest BCUT2D eigenvalue weighted by molar-refractivity contribution is 7.08. The van der Waals surface area contributed by atoms with E-state index in [1.54, 1.807) is 23.0 Å². The van der Waals surface area contributed by atoms with E-state index in [-0.39, 0.29) is 11.5 Å². The zero-order chi connectivity index (χ0) is 23.7.